The van der Waals surface area contributed by atoms with E-state index in [4.69, 9.17) is 4.42 Å². The average molecular weight is 373 g/mol. The molecule has 1 aromatic heterocycles. The second-order valence-corrected chi connectivity index (χ2v) is 7.41. The van der Waals surface area contributed by atoms with E-state index in [1.165, 1.54) is 0 Å². The quantitative estimate of drug-likeness (QED) is 0.657. The molecule has 1 aliphatic heterocycles. The number of hydrogen-bond acceptors (Lipinski definition) is 5. The SMILES string of the molecule is Cc1ccc2c(CN3CCN(Cc4ccccc4C#N)CC3)cc(=O)oc2c1. The maximum Gasteiger partial charge on any atom is 0.336 e. The van der Waals surface area contributed by atoms with Crippen LogP contribution in [0.15, 0.2) is 57.7 Å². The molecular weight excluding hydrogens is 350 g/mol. The molecule has 0 spiro atoms. The summed E-state index contributed by atoms with van der Waals surface area (Å²) in [5.41, 5.74) is 4.31. The zero-order valence-electron chi connectivity index (χ0n) is 16.0. The van der Waals surface area contributed by atoms with E-state index in [1.807, 2.05) is 43.3 Å². The monoisotopic (exact) mass is 373 g/mol. The van der Waals surface area contributed by atoms with Crippen molar-refractivity contribution in [2.24, 2.45) is 0 Å². The molecule has 0 atom stereocenters. The van der Waals surface area contributed by atoms with Gasteiger partial charge in [-0.25, -0.2) is 4.79 Å². The van der Waals surface area contributed by atoms with E-state index in [-0.39, 0.29) is 5.63 Å². The van der Waals surface area contributed by atoms with E-state index in [0.29, 0.717) is 5.58 Å². The van der Waals surface area contributed by atoms with Crippen molar-refractivity contribution in [2.75, 3.05) is 26.2 Å². The van der Waals surface area contributed by atoms with Crippen molar-refractivity contribution in [1.29, 1.82) is 5.26 Å². The van der Waals surface area contributed by atoms with Crippen LogP contribution in [0, 0.1) is 18.3 Å². The van der Waals surface area contributed by atoms with Gasteiger partial charge >= 0.3 is 5.63 Å². The highest BCUT2D eigenvalue weighted by Crippen LogP contribution is 2.21. The summed E-state index contributed by atoms with van der Waals surface area (Å²) in [4.78, 5) is 16.7. The molecule has 0 aliphatic carbocycles. The lowest BCUT2D eigenvalue weighted by Gasteiger charge is -2.35. The Balaban J connectivity index is 1.43. The number of piperazine rings is 1. The van der Waals surface area contributed by atoms with Gasteiger partial charge in [0, 0.05) is 50.7 Å². The van der Waals surface area contributed by atoms with Crippen molar-refractivity contribution in [2.45, 2.75) is 20.0 Å². The fourth-order valence-electron chi connectivity index (χ4n) is 3.82. The van der Waals surface area contributed by atoms with Crippen LogP contribution >= 0.6 is 0 Å². The maximum absolute atomic E-state index is 12.0. The fraction of sp³-hybridized carbons (Fsp3) is 0.304. The maximum atomic E-state index is 12.0. The number of aryl methyl sites for hydroxylation is 1. The lowest BCUT2D eigenvalue weighted by atomic mass is 10.1. The Kier molecular flexibility index (Phi) is 5.25. The standard InChI is InChI=1S/C23H23N3O2/c1-17-6-7-21-20(13-23(27)28-22(21)12-17)16-26-10-8-25(9-11-26)15-19-5-3-2-4-18(19)14-24/h2-7,12-13H,8-11,15-16H2,1H3. The van der Waals surface area contributed by atoms with Crippen LogP contribution in [0.5, 0.6) is 0 Å². The summed E-state index contributed by atoms with van der Waals surface area (Å²) < 4.78 is 5.37. The van der Waals surface area contributed by atoms with Gasteiger partial charge in [0.05, 0.1) is 11.6 Å². The minimum absolute atomic E-state index is 0.292. The van der Waals surface area contributed by atoms with Gasteiger partial charge in [-0.15, -0.1) is 0 Å². The van der Waals surface area contributed by atoms with E-state index in [2.05, 4.69) is 21.9 Å². The molecule has 0 radical (unpaired) electrons. The molecule has 0 amide bonds. The molecule has 0 N–H and O–H groups in total. The number of nitriles is 1. The third kappa shape index (κ3) is 3.99. The average Bonchev–Trinajstić information content (AvgIpc) is 2.69. The van der Waals surface area contributed by atoms with Crippen LogP contribution in [0.3, 0.4) is 0 Å². The molecule has 0 bridgehead atoms. The largest absolute Gasteiger partial charge is 0.423 e. The third-order valence-corrected chi connectivity index (χ3v) is 5.38. The Labute approximate surface area is 164 Å². The highest BCUT2D eigenvalue weighted by Gasteiger charge is 2.19. The van der Waals surface area contributed by atoms with Crippen LogP contribution in [0.2, 0.25) is 0 Å². The summed E-state index contributed by atoms with van der Waals surface area (Å²) >= 11 is 0. The van der Waals surface area contributed by atoms with E-state index < -0.39 is 0 Å². The van der Waals surface area contributed by atoms with Crippen LogP contribution in [-0.2, 0) is 13.1 Å². The highest BCUT2D eigenvalue weighted by atomic mass is 16.4. The minimum atomic E-state index is -0.292. The Bertz CT molecular complexity index is 1090. The fourth-order valence-corrected chi connectivity index (χ4v) is 3.82. The first-order chi connectivity index (χ1) is 13.6. The minimum Gasteiger partial charge on any atom is -0.423 e. The summed E-state index contributed by atoms with van der Waals surface area (Å²) in [5.74, 6) is 0. The topological polar surface area (TPSA) is 60.5 Å². The zero-order valence-corrected chi connectivity index (χ0v) is 16.0. The molecule has 5 heteroatoms. The molecular formula is C23H23N3O2. The van der Waals surface area contributed by atoms with E-state index in [0.717, 1.165) is 66.9 Å². The van der Waals surface area contributed by atoms with Gasteiger partial charge in [-0.05, 0) is 35.7 Å². The molecule has 5 nitrogen and oxygen atoms in total. The van der Waals surface area contributed by atoms with Crippen LogP contribution in [0.25, 0.3) is 11.0 Å². The number of nitrogens with zero attached hydrogens (tertiary/aromatic N) is 3. The molecule has 1 saturated heterocycles. The van der Waals surface area contributed by atoms with Gasteiger partial charge in [-0.3, -0.25) is 9.80 Å². The van der Waals surface area contributed by atoms with Crippen molar-refractivity contribution in [1.82, 2.24) is 9.80 Å². The molecule has 142 valence electrons. The number of fused-ring (bicyclic) bond motifs is 1. The van der Waals surface area contributed by atoms with Gasteiger partial charge in [-0.1, -0.05) is 30.3 Å². The van der Waals surface area contributed by atoms with Crippen LogP contribution in [0.4, 0.5) is 0 Å². The third-order valence-electron chi connectivity index (χ3n) is 5.38. The molecule has 0 saturated carbocycles. The van der Waals surface area contributed by atoms with Crippen LogP contribution in [-0.4, -0.2) is 36.0 Å². The predicted molar refractivity (Wildman–Crippen MR) is 109 cm³/mol. The molecule has 28 heavy (non-hydrogen) atoms. The highest BCUT2D eigenvalue weighted by molar-refractivity contribution is 5.80. The Morgan fingerprint density at radius 1 is 0.964 bits per heavy atom. The van der Waals surface area contributed by atoms with Gasteiger partial charge in [0.1, 0.15) is 5.58 Å². The smallest absolute Gasteiger partial charge is 0.336 e. The van der Waals surface area contributed by atoms with E-state index >= 15 is 0 Å². The first-order valence-electron chi connectivity index (χ1n) is 9.58. The molecule has 0 unspecified atom stereocenters. The molecule has 2 heterocycles. The van der Waals surface area contributed by atoms with Gasteiger partial charge < -0.3 is 4.42 Å². The lowest BCUT2D eigenvalue weighted by Crippen LogP contribution is -2.45. The molecule has 3 aromatic rings. The normalized spacial score (nSPS) is 15.6. The summed E-state index contributed by atoms with van der Waals surface area (Å²) in [5, 5.41) is 10.3. The number of rotatable bonds is 4. The van der Waals surface area contributed by atoms with Gasteiger partial charge in [0.25, 0.3) is 0 Å². The number of benzene rings is 2. The summed E-state index contributed by atoms with van der Waals surface area (Å²) in [6.45, 7) is 7.29. The van der Waals surface area contributed by atoms with Crippen molar-refractivity contribution in [3.05, 3.63) is 81.2 Å². The number of hydrogen-bond donors (Lipinski definition) is 0. The second kappa shape index (κ2) is 7.97. The van der Waals surface area contributed by atoms with Crippen molar-refractivity contribution < 1.29 is 4.42 Å². The van der Waals surface area contributed by atoms with Gasteiger partial charge in [0.2, 0.25) is 0 Å². The molecule has 1 aliphatic rings. The molecule has 1 fully saturated rings. The molecule has 4 rings (SSSR count). The summed E-state index contributed by atoms with van der Waals surface area (Å²) in [7, 11) is 0. The predicted octanol–water partition coefficient (Wildman–Crippen LogP) is 3.29. The van der Waals surface area contributed by atoms with E-state index in [1.54, 1.807) is 6.07 Å². The summed E-state index contributed by atoms with van der Waals surface area (Å²) in [6, 6.07) is 17.7. The summed E-state index contributed by atoms with van der Waals surface area (Å²) in [6.07, 6.45) is 0. The van der Waals surface area contributed by atoms with Gasteiger partial charge in [-0.2, -0.15) is 5.26 Å². The van der Waals surface area contributed by atoms with E-state index in [9.17, 15) is 10.1 Å². The van der Waals surface area contributed by atoms with Crippen molar-refractivity contribution in [3.8, 4) is 6.07 Å². The first kappa shape index (κ1) is 18.4. The Hall–Kier alpha value is -2.94. The Morgan fingerprint density at radius 3 is 2.36 bits per heavy atom. The zero-order chi connectivity index (χ0) is 19.5. The molecule has 2 aromatic carbocycles. The Morgan fingerprint density at radius 2 is 1.64 bits per heavy atom. The first-order valence-corrected chi connectivity index (χ1v) is 9.58. The second-order valence-electron chi connectivity index (χ2n) is 7.41. The lowest BCUT2D eigenvalue weighted by molar-refractivity contribution is 0.122. The van der Waals surface area contributed by atoms with Crippen molar-refractivity contribution >= 4 is 11.0 Å². The van der Waals surface area contributed by atoms with Crippen LogP contribution < -0.4 is 5.63 Å². The van der Waals surface area contributed by atoms with Crippen LogP contribution in [0.1, 0.15) is 22.3 Å². The van der Waals surface area contributed by atoms with Crippen molar-refractivity contribution in [3.63, 3.8) is 0 Å². The van der Waals surface area contributed by atoms with Gasteiger partial charge in [0.15, 0.2) is 0 Å².